The highest BCUT2D eigenvalue weighted by molar-refractivity contribution is 5.74. The largest absolute Gasteiger partial charge is 0.382 e. The van der Waals surface area contributed by atoms with Gasteiger partial charge in [0.25, 0.3) is 0 Å². The van der Waals surface area contributed by atoms with Gasteiger partial charge in [0, 0.05) is 13.5 Å². The first-order chi connectivity index (χ1) is 6.81. The molecule has 1 amide bonds. The van der Waals surface area contributed by atoms with E-state index >= 15 is 0 Å². The van der Waals surface area contributed by atoms with Crippen LogP contribution in [0.25, 0.3) is 0 Å². The van der Waals surface area contributed by atoms with Gasteiger partial charge >= 0.3 is 0 Å². The van der Waals surface area contributed by atoms with E-state index in [1.165, 1.54) is 12.8 Å². The fourth-order valence-corrected chi connectivity index (χ4v) is 1.02. The Bertz CT molecular complexity index is 125. The number of nitrogens with one attached hydrogen (secondary N) is 1. The van der Waals surface area contributed by atoms with Gasteiger partial charge in [-0.2, -0.15) is 0 Å². The van der Waals surface area contributed by atoms with Crippen molar-refractivity contribution in [2.45, 2.75) is 39.0 Å². The van der Waals surface area contributed by atoms with E-state index in [0.29, 0.717) is 19.6 Å². The van der Waals surface area contributed by atoms with Gasteiger partial charge in [-0.1, -0.05) is 26.2 Å². The number of hydrogen-bond acceptors (Lipinski definition) is 3. The maximum absolute atomic E-state index is 11.1. The van der Waals surface area contributed by atoms with Crippen molar-refractivity contribution < 1.29 is 14.4 Å². The predicted octanol–water partition coefficient (Wildman–Crippen LogP) is 1.65. The Kier molecular flexibility index (Phi) is 10.0. The summed E-state index contributed by atoms with van der Waals surface area (Å²) in [6.45, 7) is 3.04. The molecule has 0 aliphatic rings. The topological polar surface area (TPSA) is 47.6 Å². The summed E-state index contributed by atoms with van der Waals surface area (Å²) >= 11 is 0. The molecule has 0 aromatic rings. The molecule has 0 spiro atoms. The second-order valence-electron chi connectivity index (χ2n) is 3.18. The summed E-state index contributed by atoms with van der Waals surface area (Å²) in [5.74, 6) is -0.0443. The molecule has 1 N–H and O–H groups in total. The first-order valence-electron chi connectivity index (χ1n) is 5.20. The van der Waals surface area contributed by atoms with Crippen LogP contribution < -0.4 is 5.48 Å². The van der Waals surface area contributed by atoms with Crippen molar-refractivity contribution in [1.29, 1.82) is 0 Å². The van der Waals surface area contributed by atoms with E-state index in [2.05, 4.69) is 12.4 Å². The average molecular weight is 203 g/mol. The number of hydroxylamine groups is 1. The Morgan fingerprint density at radius 1 is 1.21 bits per heavy atom. The first kappa shape index (κ1) is 13.4. The second kappa shape index (κ2) is 10.5. The lowest BCUT2D eigenvalue weighted by Crippen LogP contribution is -2.25. The molecule has 0 saturated carbocycles. The molecule has 0 aliphatic heterocycles. The highest BCUT2D eigenvalue weighted by atomic mass is 16.7. The fraction of sp³-hybridized carbons (Fsp3) is 0.900. The molecule has 14 heavy (non-hydrogen) atoms. The molecule has 0 bridgehead atoms. The van der Waals surface area contributed by atoms with Crippen LogP contribution in [-0.2, 0) is 14.4 Å². The van der Waals surface area contributed by atoms with Crippen LogP contribution >= 0.6 is 0 Å². The standard InChI is InChI=1S/C10H21NO3/c1-3-4-5-6-7-10(12)11-14-9-8-13-2/h3-9H2,1-2H3,(H,11,12). The molecule has 0 radical (unpaired) electrons. The quantitative estimate of drug-likeness (QED) is 0.458. The van der Waals surface area contributed by atoms with Gasteiger partial charge in [0.2, 0.25) is 5.91 Å². The van der Waals surface area contributed by atoms with Crippen molar-refractivity contribution in [3.05, 3.63) is 0 Å². The summed E-state index contributed by atoms with van der Waals surface area (Å²) in [6, 6.07) is 0. The minimum absolute atomic E-state index is 0.0443. The number of ether oxygens (including phenoxy) is 1. The van der Waals surface area contributed by atoms with Crippen LogP contribution in [0.5, 0.6) is 0 Å². The molecule has 4 nitrogen and oxygen atoms in total. The maximum atomic E-state index is 11.1. The van der Waals surface area contributed by atoms with Gasteiger partial charge < -0.3 is 4.74 Å². The normalized spacial score (nSPS) is 10.1. The third-order valence-corrected chi connectivity index (χ3v) is 1.83. The smallest absolute Gasteiger partial charge is 0.243 e. The van der Waals surface area contributed by atoms with Gasteiger partial charge in [0.15, 0.2) is 0 Å². The van der Waals surface area contributed by atoms with Gasteiger partial charge in [-0.3, -0.25) is 9.63 Å². The Morgan fingerprint density at radius 2 is 2.00 bits per heavy atom. The number of carbonyl (C=O) groups is 1. The molecule has 0 saturated heterocycles. The Balaban J connectivity index is 3.11. The SMILES string of the molecule is CCCCCCC(=O)NOCCOC. The van der Waals surface area contributed by atoms with E-state index in [1.54, 1.807) is 7.11 Å². The molecule has 0 atom stereocenters. The number of methoxy groups -OCH3 is 1. The molecule has 0 rings (SSSR count). The zero-order valence-electron chi connectivity index (χ0n) is 9.17. The van der Waals surface area contributed by atoms with Gasteiger partial charge in [0.1, 0.15) is 0 Å². The molecule has 4 heteroatoms. The minimum Gasteiger partial charge on any atom is -0.382 e. The summed E-state index contributed by atoms with van der Waals surface area (Å²) < 4.78 is 4.76. The Labute approximate surface area is 85.9 Å². The molecule has 0 aliphatic carbocycles. The zero-order chi connectivity index (χ0) is 10.6. The number of rotatable bonds is 9. The number of hydrogen-bond donors (Lipinski definition) is 1. The highest BCUT2D eigenvalue weighted by Gasteiger charge is 1.99. The van der Waals surface area contributed by atoms with Gasteiger partial charge in [0.05, 0.1) is 13.2 Å². The number of carbonyl (C=O) groups excluding carboxylic acids is 1. The second-order valence-corrected chi connectivity index (χ2v) is 3.18. The van der Waals surface area contributed by atoms with Crippen molar-refractivity contribution in [3.63, 3.8) is 0 Å². The van der Waals surface area contributed by atoms with Crippen LogP contribution in [0.4, 0.5) is 0 Å². The van der Waals surface area contributed by atoms with Crippen LogP contribution in [0.2, 0.25) is 0 Å². The highest BCUT2D eigenvalue weighted by Crippen LogP contribution is 2.01. The monoisotopic (exact) mass is 203 g/mol. The maximum Gasteiger partial charge on any atom is 0.243 e. The van der Waals surface area contributed by atoms with Gasteiger partial charge in [-0.25, -0.2) is 5.48 Å². The molecule has 0 aromatic heterocycles. The van der Waals surface area contributed by atoms with Crippen molar-refractivity contribution in [2.75, 3.05) is 20.3 Å². The summed E-state index contributed by atoms with van der Waals surface area (Å²) in [5.41, 5.74) is 2.38. The molecular weight excluding hydrogens is 182 g/mol. The zero-order valence-corrected chi connectivity index (χ0v) is 9.17. The molecule has 84 valence electrons. The van der Waals surface area contributed by atoms with Crippen LogP contribution in [-0.4, -0.2) is 26.2 Å². The third-order valence-electron chi connectivity index (χ3n) is 1.83. The molecule has 0 unspecified atom stereocenters. The number of unbranched alkanes of at least 4 members (excludes halogenated alkanes) is 3. The molecule has 0 heterocycles. The van der Waals surface area contributed by atoms with Gasteiger partial charge in [-0.05, 0) is 6.42 Å². The van der Waals surface area contributed by atoms with Gasteiger partial charge in [-0.15, -0.1) is 0 Å². The van der Waals surface area contributed by atoms with Crippen LogP contribution in [0.1, 0.15) is 39.0 Å². The van der Waals surface area contributed by atoms with Crippen molar-refractivity contribution >= 4 is 5.91 Å². The van der Waals surface area contributed by atoms with Crippen molar-refractivity contribution in [1.82, 2.24) is 5.48 Å². The minimum atomic E-state index is -0.0443. The summed E-state index contributed by atoms with van der Waals surface area (Å²) in [6.07, 6.45) is 4.98. The Hall–Kier alpha value is -0.610. The van der Waals surface area contributed by atoms with Crippen LogP contribution in [0.3, 0.4) is 0 Å². The molecule has 0 aromatic carbocycles. The fourth-order valence-electron chi connectivity index (χ4n) is 1.02. The lowest BCUT2D eigenvalue weighted by Gasteiger charge is -2.04. The molecule has 0 fully saturated rings. The summed E-state index contributed by atoms with van der Waals surface area (Å²) in [7, 11) is 1.59. The van der Waals surface area contributed by atoms with E-state index in [1.807, 2.05) is 0 Å². The van der Waals surface area contributed by atoms with E-state index < -0.39 is 0 Å². The van der Waals surface area contributed by atoms with Crippen molar-refractivity contribution in [2.24, 2.45) is 0 Å². The van der Waals surface area contributed by atoms with Crippen LogP contribution in [0.15, 0.2) is 0 Å². The average Bonchev–Trinajstić information content (AvgIpc) is 2.19. The molecular formula is C10H21NO3. The number of amides is 1. The van der Waals surface area contributed by atoms with Crippen molar-refractivity contribution in [3.8, 4) is 0 Å². The van der Waals surface area contributed by atoms with Crippen LogP contribution in [0, 0.1) is 0 Å². The van der Waals surface area contributed by atoms with E-state index in [4.69, 9.17) is 9.57 Å². The first-order valence-corrected chi connectivity index (χ1v) is 5.20. The predicted molar refractivity (Wildman–Crippen MR) is 54.7 cm³/mol. The lowest BCUT2D eigenvalue weighted by atomic mass is 10.1. The summed E-state index contributed by atoms with van der Waals surface area (Å²) in [5, 5.41) is 0. The third kappa shape index (κ3) is 9.48. The van der Waals surface area contributed by atoms with E-state index in [0.717, 1.165) is 12.8 Å². The van der Waals surface area contributed by atoms with E-state index in [-0.39, 0.29) is 5.91 Å². The Morgan fingerprint density at radius 3 is 2.64 bits per heavy atom. The lowest BCUT2D eigenvalue weighted by molar-refractivity contribution is -0.134. The van der Waals surface area contributed by atoms with E-state index in [9.17, 15) is 4.79 Å². The summed E-state index contributed by atoms with van der Waals surface area (Å²) in [4.78, 5) is 16.0.